The van der Waals surface area contributed by atoms with Crippen LogP contribution in [0.3, 0.4) is 0 Å². The average Bonchev–Trinajstić information content (AvgIpc) is 3.52. The molecule has 1 aromatic carbocycles. The van der Waals surface area contributed by atoms with Crippen molar-refractivity contribution in [3.05, 3.63) is 51.9 Å². The SMILES string of the molecule is CCc1nc(C)c(NC(=O)c2cn(-c3ccc4c(c3)CN(C3CCC(=O)NC3=O)C4=O)nn2)s1. The molecule has 0 bridgehead atoms. The van der Waals surface area contributed by atoms with Gasteiger partial charge in [0.15, 0.2) is 5.69 Å². The first-order chi connectivity index (χ1) is 16.3. The monoisotopic (exact) mass is 479 g/mol. The number of aromatic nitrogens is 4. The van der Waals surface area contributed by atoms with Gasteiger partial charge in [-0.15, -0.1) is 16.4 Å². The number of carbonyl (C=O) groups is 4. The highest BCUT2D eigenvalue weighted by Gasteiger charge is 2.39. The Morgan fingerprint density at radius 3 is 2.85 bits per heavy atom. The van der Waals surface area contributed by atoms with Crippen LogP contribution in [0, 0.1) is 6.92 Å². The molecule has 2 aliphatic heterocycles. The molecule has 174 valence electrons. The summed E-state index contributed by atoms with van der Waals surface area (Å²) in [6, 6.07) is 4.50. The Kier molecular flexibility index (Phi) is 5.44. The third-order valence-corrected chi connectivity index (χ3v) is 7.09. The molecule has 4 amide bonds. The van der Waals surface area contributed by atoms with Gasteiger partial charge < -0.3 is 10.2 Å². The maximum Gasteiger partial charge on any atom is 0.278 e. The van der Waals surface area contributed by atoms with E-state index in [0.717, 1.165) is 22.7 Å². The lowest BCUT2D eigenvalue weighted by Crippen LogP contribution is -2.52. The Morgan fingerprint density at radius 1 is 1.29 bits per heavy atom. The summed E-state index contributed by atoms with van der Waals surface area (Å²) in [7, 11) is 0. The largest absolute Gasteiger partial charge is 0.322 e. The fourth-order valence-electron chi connectivity index (χ4n) is 4.08. The van der Waals surface area contributed by atoms with Crippen molar-refractivity contribution in [3.63, 3.8) is 0 Å². The van der Waals surface area contributed by atoms with E-state index < -0.39 is 11.9 Å². The zero-order chi connectivity index (χ0) is 24.0. The zero-order valence-corrected chi connectivity index (χ0v) is 19.3. The summed E-state index contributed by atoms with van der Waals surface area (Å²) < 4.78 is 1.46. The molecule has 2 aromatic heterocycles. The van der Waals surface area contributed by atoms with Crippen LogP contribution in [0.15, 0.2) is 24.4 Å². The van der Waals surface area contributed by atoms with Crippen LogP contribution in [-0.4, -0.2) is 54.5 Å². The Bertz CT molecular complexity index is 1340. The van der Waals surface area contributed by atoms with Crippen molar-refractivity contribution in [2.24, 2.45) is 0 Å². The number of rotatable bonds is 5. The molecule has 2 aliphatic rings. The van der Waals surface area contributed by atoms with Gasteiger partial charge in [-0.2, -0.15) is 0 Å². The molecule has 0 radical (unpaired) electrons. The molecule has 0 saturated carbocycles. The zero-order valence-electron chi connectivity index (χ0n) is 18.5. The highest BCUT2D eigenvalue weighted by molar-refractivity contribution is 7.16. The summed E-state index contributed by atoms with van der Waals surface area (Å²) in [6.45, 7) is 4.09. The van der Waals surface area contributed by atoms with Gasteiger partial charge in [-0.05, 0) is 43.5 Å². The smallest absolute Gasteiger partial charge is 0.278 e. The van der Waals surface area contributed by atoms with E-state index in [2.05, 4.69) is 25.9 Å². The van der Waals surface area contributed by atoms with Crippen LogP contribution in [-0.2, 0) is 22.6 Å². The molecule has 5 rings (SSSR count). The second kappa shape index (κ2) is 8.45. The standard InChI is InChI=1S/C22H21N7O4S/c1-3-18-23-11(2)21(34-18)25-19(31)15-10-29(27-26-15)13-4-5-14-12(8-13)9-28(22(14)33)16-6-7-17(30)24-20(16)32/h4-5,8,10,16H,3,6-7,9H2,1-2H3,(H,25,31)(H,24,30,32). The van der Waals surface area contributed by atoms with Gasteiger partial charge in [0.2, 0.25) is 11.8 Å². The fraction of sp³-hybridized carbons (Fsp3) is 0.318. The first-order valence-electron chi connectivity index (χ1n) is 10.8. The van der Waals surface area contributed by atoms with Crippen molar-refractivity contribution in [3.8, 4) is 5.69 Å². The molecule has 1 fully saturated rings. The van der Waals surface area contributed by atoms with E-state index in [1.165, 1.54) is 27.1 Å². The molecule has 2 N–H and O–H groups in total. The van der Waals surface area contributed by atoms with Gasteiger partial charge in [-0.1, -0.05) is 12.1 Å². The van der Waals surface area contributed by atoms with Gasteiger partial charge >= 0.3 is 0 Å². The summed E-state index contributed by atoms with van der Waals surface area (Å²) in [5, 5.41) is 14.8. The second-order valence-electron chi connectivity index (χ2n) is 8.12. The van der Waals surface area contributed by atoms with E-state index in [0.29, 0.717) is 22.7 Å². The van der Waals surface area contributed by atoms with Crippen molar-refractivity contribution < 1.29 is 19.2 Å². The summed E-state index contributed by atoms with van der Waals surface area (Å²) in [5.74, 6) is -1.41. The number of hydrogen-bond acceptors (Lipinski definition) is 8. The van der Waals surface area contributed by atoms with Crippen LogP contribution in [0.2, 0.25) is 0 Å². The van der Waals surface area contributed by atoms with Crippen LogP contribution in [0.4, 0.5) is 5.00 Å². The number of aryl methyl sites for hydroxylation is 2. The molecule has 1 saturated heterocycles. The van der Waals surface area contributed by atoms with Gasteiger partial charge in [0, 0.05) is 18.5 Å². The van der Waals surface area contributed by atoms with Crippen LogP contribution >= 0.6 is 11.3 Å². The van der Waals surface area contributed by atoms with E-state index in [1.54, 1.807) is 18.2 Å². The van der Waals surface area contributed by atoms with Crippen LogP contribution in [0.25, 0.3) is 5.69 Å². The molecular weight excluding hydrogens is 458 g/mol. The van der Waals surface area contributed by atoms with Gasteiger partial charge in [-0.3, -0.25) is 24.5 Å². The number of piperidine rings is 1. The lowest BCUT2D eigenvalue weighted by Gasteiger charge is -2.29. The Morgan fingerprint density at radius 2 is 2.12 bits per heavy atom. The molecule has 1 atom stereocenters. The van der Waals surface area contributed by atoms with Gasteiger partial charge in [0.1, 0.15) is 11.0 Å². The molecule has 12 heteroatoms. The number of amides is 4. The minimum Gasteiger partial charge on any atom is -0.322 e. The average molecular weight is 480 g/mol. The lowest BCUT2D eigenvalue weighted by atomic mass is 10.0. The summed E-state index contributed by atoms with van der Waals surface area (Å²) in [4.78, 5) is 55.1. The Hall–Kier alpha value is -3.93. The van der Waals surface area contributed by atoms with E-state index in [9.17, 15) is 19.2 Å². The topological polar surface area (TPSA) is 139 Å². The number of imide groups is 1. The Labute approximate surface area is 198 Å². The van der Waals surface area contributed by atoms with Gasteiger partial charge in [-0.25, -0.2) is 9.67 Å². The minimum atomic E-state index is -0.675. The molecule has 4 heterocycles. The summed E-state index contributed by atoms with van der Waals surface area (Å²) in [5.41, 5.74) is 2.77. The number of fused-ring (bicyclic) bond motifs is 1. The number of nitrogens with zero attached hydrogens (tertiary/aromatic N) is 5. The first kappa shape index (κ1) is 21.9. The van der Waals surface area contributed by atoms with Crippen molar-refractivity contribution in [1.82, 2.24) is 30.2 Å². The van der Waals surface area contributed by atoms with Crippen LogP contribution in [0.1, 0.15) is 56.9 Å². The van der Waals surface area contributed by atoms with Crippen LogP contribution in [0.5, 0.6) is 0 Å². The van der Waals surface area contributed by atoms with Crippen molar-refractivity contribution in [1.29, 1.82) is 0 Å². The normalized spacial score (nSPS) is 17.6. The number of anilines is 1. The number of carbonyl (C=O) groups excluding carboxylic acids is 4. The lowest BCUT2D eigenvalue weighted by molar-refractivity contribution is -0.136. The van der Waals surface area contributed by atoms with E-state index >= 15 is 0 Å². The number of thiazole rings is 1. The van der Waals surface area contributed by atoms with E-state index in [1.807, 2.05) is 13.8 Å². The van der Waals surface area contributed by atoms with Gasteiger partial charge in [0.05, 0.1) is 22.6 Å². The third-order valence-electron chi connectivity index (χ3n) is 5.87. The molecule has 34 heavy (non-hydrogen) atoms. The molecule has 0 aliphatic carbocycles. The van der Waals surface area contributed by atoms with Crippen molar-refractivity contribution >= 4 is 40.0 Å². The van der Waals surface area contributed by atoms with E-state index in [-0.39, 0.29) is 36.4 Å². The van der Waals surface area contributed by atoms with Crippen LogP contribution < -0.4 is 10.6 Å². The molecule has 0 spiro atoms. The highest BCUT2D eigenvalue weighted by Crippen LogP contribution is 2.29. The van der Waals surface area contributed by atoms with E-state index in [4.69, 9.17) is 0 Å². The fourth-order valence-corrected chi connectivity index (χ4v) is 4.98. The number of hydrogen-bond donors (Lipinski definition) is 2. The second-order valence-corrected chi connectivity index (χ2v) is 9.20. The van der Waals surface area contributed by atoms with Gasteiger partial charge in [0.25, 0.3) is 11.8 Å². The summed E-state index contributed by atoms with van der Waals surface area (Å²) in [6.07, 6.45) is 2.81. The maximum absolute atomic E-state index is 12.9. The number of benzene rings is 1. The third kappa shape index (κ3) is 3.85. The van der Waals surface area contributed by atoms with Crippen molar-refractivity contribution in [2.75, 3.05) is 5.32 Å². The predicted molar refractivity (Wildman–Crippen MR) is 122 cm³/mol. The first-order valence-corrected chi connectivity index (χ1v) is 11.6. The quantitative estimate of drug-likeness (QED) is 0.530. The van der Waals surface area contributed by atoms with Crippen molar-refractivity contribution in [2.45, 2.75) is 45.7 Å². The molecule has 1 unspecified atom stereocenters. The Balaban J connectivity index is 1.33. The molecule has 3 aromatic rings. The highest BCUT2D eigenvalue weighted by atomic mass is 32.1. The summed E-state index contributed by atoms with van der Waals surface area (Å²) >= 11 is 1.43. The molecule has 11 nitrogen and oxygen atoms in total. The maximum atomic E-state index is 12.9. The number of nitrogens with one attached hydrogen (secondary N) is 2. The predicted octanol–water partition coefficient (Wildman–Crippen LogP) is 1.61. The molecular formula is C22H21N7O4S. The minimum absolute atomic E-state index is 0.146.